The maximum atomic E-state index is 5.24. The smallest absolute Gasteiger partial charge is 0.118 e. The van der Waals surface area contributed by atoms with Crippen LogP contribution in [-0.4, -0.2) is 24.1 Å². The van der Waals surface area contributed by atoms with Crippen molar-refractivity contribution in [2.75, 3.05) is 7.11 Å². The van der Waals surface area contributed by atoms with Crippen molar-refractivity contribution < 1.29 is 4.74 Å². The van der Waals surface area contributed by atoms with Gasteiger partial charge in [-0.3, -0.25) is 4.90 Å². The molecule has 1 aromatic rings. The lowest BCUT2D eigenvalue weighted by Gasteiger charge is -2.36. The molecule has 1 aliphatic carbocycles. The van der Waals surface area contributed by atoms with Crippen LogP contribution in [0.3, 0.4) is 0 Å². The Balaban J connectivity index is 1.48. The van der Waals surface area contributed by atoms with Gasteiger partial charge in [0.05, 0.1) is 7.11 Å². The third-order valence-electron chi connectivity index (χ3n) is 5.26. The van der Waals surface area contributed by atoms with Crippen LogP contribution in [0, 0.1) is 0 Å². The first-order valence-corrected chi connectivity index (χ1v) is 7.92. The van der Waals surface area contributed by atoms with E-state index in [1.807, 2.05) is 5.57 Å². The van der Waals surface area contributed by atoms with E-state index in [-0.39, 0.29) is 0 Å². The number of ether oxygens (including phenoxy) is 1. The van der Waals surface area contributed by atoms with Gasteiger partial charge in [-0.2, -0.15) is 0 Å². The molecular formula is C18H23NO. The van der Waals surface area contributed by atoms with Gasteiger partial charge in [0, 0.05) is 18.6 Å². The zero-order chi connectivity index (χ0) is 13.5. The molecule has 1 saturated carbocycles. The van der Waals surface area contributed by atoms with Crippen molar-refractivity contribution in [3.05, 3.63) is 41.0 Å². The number of methoxy groups -OCH3 is 1. The molecule has 2 bridgehead atoms. The Morgan fingerprint density at radius 3 is 2.20 bits per heavy atom. The summed E-state index contributed by atoms with van der Waals surface area (Å²) < 4.78 is 5.24. The Bertz CT molecular complexity index is 509. The van der Waals surface area contributed by atoms with Crippen LogP contribution in [-0.2, 0) is 6.54 Å². The topological polar surface area (TPSA) is 12.5 Å². The fraction of sp³-hybridized carbons (Fsp3) is 0.556. The van der Waals surface area contributed by atoms with Crippen LogP contribution in [0.15, 0.2) is 35.4 Å². The standard InChI is InChI=1S/C18H23NO/c1-20-18-8-2-13(3-9-18)12-19-16-6-7-17(19)11-15(10-16)14-4-5-14/h2-3,8-9,16-17H,4-7,10-12H2,1H3. The van der Waals surface area contributed by atoms with Gasteiger partial charge in [-0.05, 0) is 56.2 Å². The third-order valence-corrected chi connectivity index (χ3v) is 5.26. The fourth-order valence-corrected chi connectivity index (χ4v) is 4.01. The number of benzene rings is 1. The zero-order valence-corrected chi connectivity index (χ0v) is 12.3. The molecule has 106 valence electrons. The number of rotatable bonds is 3. The first kappa shape index (κ1) is 12.5. The monoisotopic (exact) mass is 269 g/mol. The van der Waals surface area contributed by atoms with Crippen LogP contribution in [0.1, 0.15) is 44.1 Å². The largest absolute Gasteiger partial charge is 0.497 e. The normalized spacial score (nSPS) is 28.9. The van der Waals surface area contributed by atoms with Gasteiger partial charge in [0.1, 0.15) is 5.75 Å². The summed E-state index contributed by atoms with van der Waals surface area (Å²) in [5, 5.41) is 0. The summed E-state index contributed by atoms with van der Waals surface area (Å²) in [6.45, 7) is 1.11. The highest BCUT2D eigenvalue weighted by Gasteiger charge is 2.39. The summed E-state index contributed by atoms with van der Waals surface area (Å²) in [6, 6.07) is 10.2. The maximum Gasteiger partial charge on any atom is 0.118 e. The number of hydrogen-bond acceptors (Lipinski definition) is 2. The minimum absolute atomic E-state index is 0.805. The van der Waals surface area contributed by atoms with Crippen molar-refractivity contribution in [3.8, 4) is 5.75 Å². The van der Waals surface area contributed by atoms with Crippen molar-refractivity contribution in [2.24, 2.45) is 0 Å². The molecule has 2 saturated heterocycles. The molecule has 0 radical (unpaired) electrons. The lowest BCUT2D eigenvalue weighted by Crippen LogP contribution is -2.39. The summed E-state index contributed by atoms with van der Waals surface area (Å²) >= 11 is 0. The van der Waals surface area contributed by atoms with Gasteiger partial charge in [0.15, 0.2) is 0 Å². The number of nitrogens with zero attached hydrogens (tertiary/aromatic N) is 1. The second-order valence-corrected chi connectivity index (χ2v) is 6.52. The molecule has 2 nitrogen and oxygen atoms in total. The van der Waals surface area contributed by atoms with Gasteiger partial charge in [0.25, 0.3) is 0 Å². The van der Waals surface area contributed by atoms with Gasteiger partial charge in [0.2, 0.25) is 0 Å². The molecule has 0 N–H and O–H groups in total. The molecule has 2 heterocycles. The van der Waals surface area contributed by atoms with E-state index in [1.165, 1.54) is 44.1 Å². The van der Waals surface area contributed by atoms with E-state index in [0.717, 1.165) is 24.4 Å². The number of fused-ring (bicyclic) bond motifs is 2. The Morgan fingerprint density at radius 2 is 1.65 bits per heavy atom. The van der Waals surface area contributed by atoms with Gasteiger partial charge < -0.3 is 4.74 Å². The SMILES string of the molecule is COc1ccc(CN2C3CCC2CC(=C2CC2)C3)cc1. The van der Waals surface area contributed by atoms with Gasteiger partial charge in [-0.15, -0.1) is 0 Å². The second-order valence-electron chi connectivity index (χ2n) is 6.52. The zero-order valence-electron chi connectivity index (χ0n) is 12.3. The summed E-state index contributed by atoms with van der Waals surface area (Å²) in [7, 11) is 1.73. The maximum absolute atomic E-state index is 5.24. The predicted molar refractivity (Wildman–Crippen MR) is 80.8 cm³/mol. The van der Waals surface area contributed by atoms with E-state index in [4.69, 9.17) is 4.74 Å². The molecule has 1 aromatic carbocycles. The molecule has 0 spiro atoms. The van der Waals surface area contributed by atoms with Crippen molar-refractivity contribution in [1.29, 1.82) is 0 Å². The Labute approximate surface area is 121 Å². The number of piperidine rings is 1. The van der Waals surface area contributed by atoms with Crippen LogP contribution >= 0.6 is 0 Å². The molecule has 0 amide bonds. The number of hydrogen-bond donors (Lipinski definition) is 0. The summed E-state index contributed by atoms with van der Waals surface area (Å²) in [4.78, 5) is 2.76. The van der Waals surface area contributed by atoms with Crippen LogP contribution in [0.2, 0.25) is 0 Å². The predicted octanol–water partition coefficient (Wildman–Crippen LogP) is 3.91. The van der Waals surface area contributed by atoms with E-state index in [1.54, 1.807) is 12.7 Å². The summed E-state index contributed by atoms with van der Waals surface area (Å²) in [5.41, 5.74) is 5.04. The van der Waals surface area contributed by atoms with E-state index >= 15 is 0 Å². The Morgan fingerprint density at radius 1 is 1.00 bits per heavy atom. The van der Waals surface area contributed by atoms with Crippen LogP contribution in [0.5, 0.6) is 5.75 Å². The molecule has 2 heteroatoms. The van der Waals surface area contributed by atoms with Gasteiger partial charge >= 0.3 is 0 Å². The highest BCUT2D eigenvalue weighted by molar-refractivity contribution is 5.30. The molecule has 2 aliphatic heterocycles. The fourth-order valence-electron chi connectivity index (χ4n) is 4.01. The van der Waals surface area contributed by atoms with E-state index < -0.39 is 0 Å². The Hall–Kier alpha value is -1.28. The molecule has 2 unspecified atom stereocenters. The molecule has 3 fully saturated rings. The summed E-state index contributed by atoms with van der Waals surface area (Å²) in [6.07, 6.45) is 8.29. The molecule has 2 atom stereocenters. The third kappa shape index (κ3) is 2.26. The quantitative estimate of drug-likeness (QED) is 0.771. The molecule has 20 heavy (non-hydrogen) atoms. The van der Waals surface area contributed by atoms with Gasteiger partial charge in [-0.1, -0.05) is 23.3 Å². The Kier molecular flexibility index (Phi) is 3.07. The van der Waals surface area contributed by atoms with Crippen molar-refractivity contribution in [2.45, 2.75) is 57.2 Å². The van der Waals surface area contributed by atoms with Crippen LogP contribution in [0.25, 0.3) is 0 Å². The lowest BCUT2D eigenvalue weighted by molar-refractivity contribution is 0.157. The highest BCUT2D eigenvalue weighted by Crippen LogP contribution is 2.45. The highest BCUT2D eigenvalue weighted by atomic mass is 16.5. The van der Waals surface area contributed by atoms with Gasteiger partial charge in [-0.25, -0.2) is 0 Å². The van der Waals surface area contributed by atoms with Crippen molar-refractivity contribution >= 4 is 0 Å². The van der Waals surface area contributed by atoms with E-state index in [0.29, 0.717) is 0 Å². The van der Waals surface area contributed by atoms with Crippen molar-refractivity contribution in [3.63, 3.8) is 0 Å². The first-order valence-electron chi connectivity index (χ1n) is 7.92. The van der Waals surface area contributed by atoms with Crippen molar-refractivity contribution in [1.82, 2.24) is 4.90 Å². The van der Waals surface area contributed by atoms with E-state index in [2.05, 4.69) is 29.2 Å². The van der Waals surface area contributed by atoms with Crippen LogP contribution in [0.4, 0.5) is 0 Å². The number of allylic oxidation sites excluding steroid dienone is 1. The minimum Gasteiger partial charge on any atom is -0.497 e. The average Bonchev–Trinajstić information content (AvgIpc) is 3.29. The minimum atomic E-state index is 0.805. The summed E-state index contributed by atoms with van der Waals surface area (Å²) in [5.74, 6) is 0.955. The molecule has 0 aromatic heterocycles. The average molecular weight is 269 g/mol. The molecule has 4 rings (SSSR count). The molecule has 3 aliphatic rings. The first-order chi connectivity index (χ1) is 9.83. The lowest BCUT2D eigenvalue weighted by atomic mass is 9.95. The molecular weight excluding hydrogens is 246 g/mol. The van der Waals surface area contributed by atoms with Crippen LogP contribution < -0.4 is 4.74 Å². The van der Waals surface area contributed by atoms with E-state index in [9.17, 15) is 0 Å². The second kappa shape index (κ2) is 4.92.